The van der Waals surface area contributed by atoms with Crippen LogP contribution in [0.3, 0.4) is 0 Å². The first-order valence-electron chi connectivity index (χ1n) is 1.77. The number of thiol groups is 1. The molecule has 0 aliphatic carbocycles. The van der Waals surface area contributed by atoms with E-state index in [1.165, 1.54) is 0 Å². The Morgan fingerprint density at radius 3 is 2.43 bits per heavy atom. The van der Waals surface area contributed by atoms with E-state index in [1.807, 2.05) is 0 Å². The molecule has 0 heterocycles. The number of nitrogens with two attached hydrogens (primary N) is 1. The van der Waals surface area contributed by atoms with Crippen LogP contribution in [0, 0.1) is 0 Å². The van der Waals surface area contributed by atoms with E-state index in [2.05, 4.69) is 12.6 Å². The van der Waals surface area contributed by atoms with Crippen LogP contribution in [0.1, 0.15) is 0 Å². The fraction of sp³-hybridized carbons (Fsp3) is 1.00. The van der Waals surface area contributed by atoms with Gasteiger partial charge < -0.3 is 10.6 Å². The third kappa shape index (κ3) is 3.12. The molecule has 0 saturated carbocycles. The zero-order valence-electron chi connectivity index (χ0n) is 3.66. The summed E-state index contributed by atoms with van der Waals surface area (Å²) in [5, 5.41) is 0. The number of hydrogen-bond acceptors (Lipinski definition) is 3. The predicted octanol–water partition coefficient (Wildman–Crippen LogP) is -0.332. The molecule has 0 fully saturated rings. The Labute approximate surface area is 48.2 Å². The molecule has 0 saturated heterocycles. The molecule has 0 amide bonds. The zero-order chi connectivity index (χ0) is 5.86. The molecule has 3 N–H and O–H groups in total. The monoisotopic (exact) mass is 141 g/mol. The minimum Gasteiger partial charge on any atom is -0.345 e. The van der Waals surface area contributed by atoms with Crippen LogP contribution in [0.4, 0.5) is 0 Å². The second-order valence-corrected chi connectivity index (χ2v) is 2.91. The average molecular weight is 141 g/mol. The van der Waals surface area contributed by atoms with Gasteiger partial charge in [0.1, 0.15) is 0 Å². The van der Waals surface area contributed by atoms with Crippen molar-refractivity contribution in [3.63, 3.8) is 0 Å². The maximum absolute atomic E-state index is 9.94. The Kier molecular flexibility index (Phi) is 3.75. The van der Waals surface area contributed by atoms with Crippen LogP contribution in [0.25, 0.3) is 0 Å². The predicted molar refractivity (Wildman–Crippen MR) is 33.0 cm³/mol. The van der Waals surface area contributed by atoms with Crippen molar-refractivity contribution in [3.05, 3.63) is 0 Å². The maximum Gasteiger partial charge on any atom is 0.206 e. The van der Waals surface area contributed by atoms with E-state index in [-0.39, 0.29) is 5.75 Å². The fourth-order valence-electron chi connectivity index (χ4n) is 0.0781. The molecule has 0 bridgehead atoms. The summed E-state index contributed by atoms with van der Waals surface area (Å²) >= 11 is 3.70. The van der Waals surface area contributed by atoms with Crippen LogP contribution in [0.5, 0.6) is 0 Å². The molecule has 0 aliphatic rings. The van der Waals surface area contributed by atoms with E-state index in [9.17, 15) is 4.57 Å². The van der Waals surface area contributed by atoms with Crippen molar-refractivity contribution in [3.8, 4) is 0 Å². The molecule has 5 heteroatoms. The van der Waals surface area contributed by atoms with Crippen molar-refractivity contribution in [2.45, 2.75) is 5.78 Å². The van der Waals surface area contributed by atoms with Gasteiger partial charge in [0, 0.05) is 5.75 Å². The van der Waals surface area contributed by atoms with Gasteiger partial charge in [0.05, 0.1) is 5.78 Å². The molecule has 0 rings (SSSR count). The van der Waals surface area contributed by atoms with Crippen molar-refractivity contribution >= 4 is 20.7 Å². The third-order valence-electron chi connectivity index (χ3n) is 0.514. The second kappa shape index (κ2) is 3.50. The molecule has 0 aromatic heterocycles. The zero-order valence-corrected chi connectivity index (χ0v) is 5.56. The summed E-state index contributed by atoms with van der Waals surface area (Å²) in [6.07, 6.45) is 0. The van der Waals surface area contributed by atoms with Gasteiger partial charge in [0.25, 0.3) is 0 Å². The lowest BCUT2D eigenvalue weighted by molar-refractivity contribution is 0.493. The van der Waals surface area contributed by atoms with Gasteiger partial charge in [0.15, 0.2) is 0 Å². The smallest absolute Gasteiger partial charge is 0.206 e. The van der Waals surface area contributed by atoms with Crippen molar-refractivity contribution in [2.24, 2.45) is 5.73 Å². The van der Waals surface area contributed by atoms with Crippen molar-refractivity contribution in [1.29, 1.82) is 0 Å². The largest absolute Gasteiger partial charge is 0.345 e. The van der Waals surface area contributed by atoms with Gasteiger partial charge in [-0.15, -0.1) is 0 Å². The Morgan fingerprint density at radius 1 is 2.00 bits per heavy atom. The summed E-state index contributed by atoms with van der Waals surface area (Å²) in [5.74, 6) is -0.359. The normalized spacial score (nSPS) is 18.7. The molecule has 0 aliphatic heterocycles. The number of rotatable bonds is 2. The van der Waals surface area contributed by atoms with Gasteiger partial charge >= 0.3 is 0 Å². The van der Waals surface area contributed by atoms with Crippen molar-refractivity contribution in [1.82, 2.24) is 0 Å². The topological polar surface area (TPSA) is 63.3 Å². The average Bonchev–Trinajstić information content (AvgIpc) is 1.65. The lowest BCUT2D eigenvalue weighted by atomic mass is 10.8. The Bertz CT molecular complexity index is 78.1. The van der Waals surface area contributed by atoms with E-state index in [0.717, 1.165) is 0 Å². The summed E-state index contributed by atoms with van der Waals surface area (Å²) in [6.45, 7) is 0. The molecule has 44 valence electrons. The van der Waals surface area contributed by atoms with Crippen LogP contribution < -0.4 is 5.73 Å². The molecule has 0 aromatic rings. The molecule has 2 atom stereocenters. The first-order valence-corrected chi connectivity index (χ1v) is 3.84. The Balaban J connectivity index is 3.34. The van der Waals surface area contributed by atoms with E-state index >= 15 is 0 Å². The molecular weight excluding hydrogens is 133 g/mol. The van der Waals surface area contributed by atoms with Crippen LogP contribution in [-0.2, 0) is 4.57 Å². The van der Waals surface area contributed by atoms with Gasteiger partial charge in [0.2, 0.25) is 8.03 Å². The van der Waals surface area contributed by atoms with Gasteiger partial charge in [-0.25, -0.2) is 0 Å². The third-order valence-corrected chi connectivity index (χ3v) is 2.09. The highest BCUT2D eigenvalue weighted by atomic mass is 32.1. The fourth-order valence-corrected chi connectivity index (χ4v) is 0.703. The summed E-state index contributed by atoms with van der Waals surface area (Å²) < 4.78 is 9.94. The summed E-state index contributed by atoms with van der Waals surface area (Å²) in [5.41, 5.74) is 5.02. The summed E-state index contributed by atoms with van der Waals surface area (Å²) in [6, 6.07) is 0. The van der Waals surface area contributed by atoms with E-state index in [1.54, 1.807) is 0 Å². The standard InChI is InChI=1S/C2H8NO2PS/c3-2(1-7)6(4)5/h2,6-7H,1,3H2,(H,4,5). The molecule has 2 unspecified atom stereocenters. The minimum absolute atomic E-state index is 0.272. The van der Waals surface area contributed by atoms with Gasteiger partial charge in [-0.1, -0.05) is 0 Å². The quantitative estimate of drug-likeness (QED) is 0.364. The van der Waals surface area contributed by atoms with Crippen molar-refractivity contribution < 1.29 is 9.46 Å². The first-order chi connectivity index (χ1) is 3.18. The molecule has 0 radical (unpaired) electrons. The van der Waals surface area contributed by atoms with Crippen LogP contribution in [-0.4, -0.2) is 16.4 Å². The number of hydrogen-bond donors (Lipinski definition) is 3. The molecule has 3 nitrogen and oxygen atoms in total. The lowest BCUT2D eigenvalue weighted by Crippen LogP contribution is -2.16. The van der Waals surface area contributed by atoms with E-state index in [0.29, 0.717) is 0 Å². The molecule has 0 spiro atoms. The van der Waals surface area contributed by atoms with Gasteiger partial charge in [-0.2, -0.15) is 12.6 Å². The molecule has 0 aromatic carbocycles. The summed E-state index contributed by atoms with van der Waals surface area (Å²) in [4.78, 5) is 8.19. The SMILES string of the molecule is NC(CS)[PH](=O)O. The highest BCUT2D eigenvalue weighted by Crippen LogP contribution is 2.17. The van der Waals surface area contributed by atoms with Crippen LogP contribution in [0.2, 0.25) is 0 Å². The van der Waals surface area contributed by atoms with Crippen molar-refractivity contribution in [2.75, 3.05) is 5.75 Å². The minimum atomic E-state index is -2.51. The Hall–Kier alpha value is 0.500. The molecular formula is C2H8NO2PS. The highest BCUT2D eigenvalue weighted by Gasteiger charge is 2.02. The van der Waals surface area contributed by atoms with Crippen LogP contribution in [0.15, 0.2) is 0 Å². The maximum atomic E-state index is 9.94. The highest BCUT2D eigenvalue weighted by molar-refractivity contribution is 7.80. The first kappa shape index (κ1) is 7.50. The van der Waals surface area contributed by atoms with E-state index < -0.39 is 13.8 Å². The molecule has 7 heavy (non-hydrogen) atoms. The Morgan fingerprint density at radius 2 is 2.43 bits per heavy atom. The summed E-state index contributed by atoms with van der Waals surface area (Å²) in [7, 11) is -2.51. The van der Waals surface area contributed by atoms with E-state index in [4.69, 9.17) is 10.6 Å². The van der Waals surface area contributed by atoms with Gasteiger partial charge in [-0.05, 0) is 0 Å². The van der Waals surface area contributed by atoms with Crippen LogP contribution >= 0.6 is 20.7 Å². The lowest BCUT2D eigenvalue weighted by Gasteiger charge is -1.98. The van der Waals surface area contributed by atoms with Gasteiger partial charge in [-0.3, -0.25) is 4.57 Å². The second-order valence-electron chi connectivity index (χ2n) is 1.13.